The second-order valence-corrected chi connectivity index (χ2v) is 7.49. The summed E-state index contributed by atoms with van der Waals surface area (Å²) in [5, 5.41) is 0. The Bertz CT molecular complexity index is 234. The second kappa shape index (κ2) is 15.0. The molecule has 0 saturated heterocycles. The molecule has 0 unspecified atom stereocenters. The van der Waals surface area contributed by atoms with Gasteiger partial charge in [-0.2, -0.15) is 0 Å². The van der Waals surface area contributed by atoms with Gasteiger partial charge in [0.05, 0.1) is 0 Å². The fourth-order valence-electron chi connectivity index (χ4n) is 4.44. The summed E-state index contributed by atoms with van der Waals surface area (Å²) in [6.45, 7) is 23.7. The third-order valence-corrected chi connectivity index (χ3v) is 5.07. The predicted molar refractivity (Wildman–Crippen MR) is 114 cm³/mol. The van der Waals surface area contributed by atoms with Crippen molar-refractivity contribution in [3.05, 3.63) is 0 Å². The van der Waals surface area contributed by atoms with Crippen molar-refractivity contribution in [1.29, 1.82) is 0 Å². The molecule has 0 rings (SSSR count). The molecule has 0 aromatic rings. The molecule has 0 radical (unpaired) electrons. The van der Waals surface area contributed by atoms with Crippen LogP contribution in [0, 0.1) is 0 Å². The summed E-state index contributed by atoms with van der Waals surface area (Å²) in [7, 11) is 0. The molecule has 0 aliphatic rings. The average molecular weight is 356 g/mol. The van der Waals surface area contributed by atoms with Gasteiger partial charge in [0.1, 0.15) is 5.79 Å². The highest BCUT2D eigenvalue weighted by atomic mass is 15.6. The Hall–Kier alpha value is -0.120. The Morgan fingerprint density at radius 3 is 0.800 bits per heavy atom. The van der Waals surface area contributed by atoms with Gasteiger partial charge in [0, 0.05) is 39.3 Å². The van der Waals surface area contributed by atoms with E-state index < -0.39 is 0 Å². The third kappa shape index (κ3) is 7.19. The van der Waals surface area contributed by atoms with Gasteiger partial charge in [-0.3, -0.25) is 14.7 Å². The molecule has 0 aliphatic carbocycles. The van der Waals surface area contributed by atoms with Crippen molar-refractivity contribution in [1.82, 2.24) is 14.7 Å². The highest BCUT2D eigenvalue weighted by Crippen LogP contribution is 2.32. The first-order valence-corrected chi connectivity index (χ1v) is 11.4. The molecular formula is C22H49N3. The van der Waals surface area contributed by atoms with Crippen molar-refractivity contribution in [2.45, 2.75) is 106 Å². The average Bonchev–Trinajstić information content (AvgIpc) is 2.59. The molecule has 0 N–H and O–H groups in total. The normalized spacial score (nSPS) is 12.7. The minimum atomic E-state index is 0.110. The lowest BCUT2D eigenvalue weighted by molar-refractivity contribution is -0.177. The largest absolute Gasteiger partial charge is 0.273 e. The van der Waals surface area contributed by atoms with E-state index in [1.165, 1.54) is 90.6 Å². The van der Waals surface area contributed by atoms with Gasteiger partial charge in [-0.1, -0.05) is 54.9 Å². The summed E-state index contributed by atoms with van der Waals surface area (Å²) in [5.74, 6) is 0.110. The Morgan fingerprint density at radius 1 is 0.400 bits per heavy atom. The van der Waals surface area contributed by atoms with Crippen LogP contribution in [0.5, 0.6) is 0 Å². The van der Waals surface area contributed by atoms with E-state index in [0.717, 1.165) is 0 Å². The molecule has 0 aromatic carbocycles. The molecule has 0 spiro atoms. The van der Waals surface area contributed by atoms with Crippen LogP contribution in [0.3, 0.4) is 0 Å². The standard InChI is InChI=1S/C22H49N3/c1-8-15-22(23(16-9-2)17-10-3,24(18-11-4)19-12-5)25(20-13-6)21-14-7/h8-21H2,1-7H3. The first kappa shape index (κ1) is 24.9. The van der Waals surface area contributed by atoms with Gasteiger partial charge in [-0.25, -0.2) is 0 Å². The summed E-state index contributed by atoms with van der Waals surface area (Å²) in [5.41, 5.74) is 0. The lowest BCUT2D eigenvalue weighted by Gasteiger charge is -2.57. The van der Waals surface area contributed by atoms with Crippen molar-refractivity contribution in [2.75, 3.05) is 39.3 Å². The quantitative estimate of drug-likeness (QED) is 0.305. The van der Waals surface area contributed by atoms with E-state index in [-0.39, 0.29) is 5.79 Å². The van der Waals surface area contributed by atoms with E-state index in [2.05, 4.69) is 63.2 Å². The fourth-order valence-corrected chi connectivity index (χ4v) is 4.44. The Kier molecular flexibility index (Phi) is 14.9. The predicted octanol–water partition coefficient (Wildman–Crippen LogP) is 5.81. The van der Waals surface area contributed by atoms with Crippen LogP contribution in [-0.4, -0.2) is 59.8 Å². The van der Waals surface area contributed by atoms with E-state index in [1.807, 2.05) is 0 Å². The van der Waals surface area contributed by atoms with Gasteiger partial charge in [0.2, 0.25) is 0 Å². The second-order valence-electron chi connectivity index (χ2n) is 7.49. The molecule has 0 fully saturated rings. The fraction of sp³-hybridized carbons (Fsp3) is 1.00. The van der Waals surface area contributed by atoms with E-state index in [9.17, 15) is 0 Å². The summed E-state index contributed by atoms with van der Waals surface area (Å²) in [6.07, 6.45) is 9.94. The molecule has 3 heteroatoms. The monoisotopic (exact) mass is 355 g/mol. The number of hydrogen-bond donors (Lipinski definition) is 0. The summed E-state index contributed by atoms with van der Waals surface area (Å²) >= 11 is 0. The number of rotatable bonds is 17. The maximum atomic E-state index is 2.84. The van der Waals surface area contributed by atoms with Crippen LogP contribution in [0.4, 0.5) is 0 Å². The molecule has 25 heavy (non-hydrogen) atoms. The maximum Gasteiger partial charge on any atom is 0.131 e. The van der Waals surface area contributed by atoms with Gasteiger partial charge in [0.25, 0.3) is 0 Å². The third-order valence-electron chi connectivity index (χ3n) is 5.07. The molecule has 0 amide bonds. The number of hydrogen-bond acceptors (Lipinski definition) is 3. The Balaban J connectivity index is 6.15. The Morgan fingerprint density at radius 2 is 0.640 bits per heavy atom. The van der Waals surface area contributed by atoms with Crippen molar-refractivity contribution in [2.24, 2.45) is 0 Å². The minimum absolute atomic E-state index is 0.110. The zero-order valence-electron chi connectivity index (χ0n) is 18.7. The first-order chi connectivity index (χ1) is 12.1. The molecule has 0 bridgehead atoms. The molecule has 3 nitrogen and oxygen atoms in total. The molecular weight excluding hydrogens is 306 g/mol. The molecule has 0 atom stereocenters. The lowest BCUT2D eigenvalue weighted by atomic mass is 10.0. The first-order valence-electron chi connectivity index (χ1n) is 11.4. The zero-order chi connectivity index (χ0) is 19.1. The maximum absolute atomic E-state index is 2.84. The van der Waals surface area contributed by atoms with Gasteiger partial charge >= 0.3 is 0 Å². The highest BCUT2D eigenvalue weighted by molar-refractivity contribution is 4.91. The smallest absolute Gasteiger partial charge is 0.131 e. The van der Waals surface area contributed by atoms with Gasteiger partial charge in [0.15, 0.2) is 0 Å². The van der Waals surface area contributed by atoms with E-state index in [1.54, 1.807) is 0 Å². The summed E-state index contributed by atoms with van der Waals surface area (Å²) in [4.78, 5) is 8.52. The SMILES string of the molecule is CCCN(CCC)C(CCC)(N(CCC)CCC)N(CCC)CCC. The van der Waals surface area contributed by atoms with Crippen LogP contribution in [0.25, 0.3) is 0 Å². The molecule has 0 aliphatic heterocycles. The zero-order valence-corrected chi connectivity index (χ0v) is 18.7. The summed E-state index contributed by atoms with van der Waals surface area (Å²) in [6, 6.07) is 0. The number of nitrogens with zero attached hydrogens (tertiary/aromatic N) is 3. The van der Waals surface area contributed by atoms with Crippen molar-refractivity contribution < 1.29 is 0 Å². The lowest BCUT2D eigenvalue weighted by Crippen LogP contribution is -2.70. The summed E-state index contributed by atoms with van der Waals surface area (Å²) < 4.78 is 0. The van der Waals surface area contributed by atoms with Crippen LogP contribution < -0.4 is 0 Å². The van der Waals surface area contributed by atoms with E-state index >= 15 is 0 Å². The van der Waals surface area contributed by atoms with Crippen molar-refractivity contribution in [3.63, 3.8) is 0 Å². The van der Waals surface area contributed by atoms with Crippen LogP contribution in [0.1, 0.15) is 99.8 Å². The molecule has 0 aromatic heterocycles. The minimum Gasteiger partial charge on any atom is -0.273 e. The van der Waals surface area contributed by atoms with Gasteiger partial charge in [-0.15, -0.1) is 0 Å². The van der Waals surface area contributed by atoms with Gasteiger partial charge in [-0.05, 0) is 44.9 Å². The van der Waals surface area contributed by atoms with E-state index in [0.29, 0.717) is 0 Å². The van der Waals surface area contributed by atoms with Crippen LogP contribution in [-0.2, 0) is 0 Å². The van der Waals surface area contributed by atoms with Crippen molar-refractivity contribution >= 4 is 0 Å². The van der Waals surface area contributed by atoms with Crippen molar-refractivity contribution in [3.8, 4) is 0 Å². The van der Waals surface area contributed by atoms with Crippen LogP contribution >= 0.6 is 0 Å². The molecule has 0 heterocycles. The molecule has 0 saturated carbocycles. The highest BCUT2D eigenvalue weighted by Gasteiger charge is 2.44. The van der Waals surface area contributed by atoms with Crippen LogP contribution in [0.15, 0.2) is 0 Å². The van der Waals surface area contributed by atoms with Crippen LogP contribution in [0.2, 0.25) is 0 Å². The molecule has 152 valence electrons. The van der Waals surface area contributed by atoms with Gasteiger partial charge < -0.3 is 0 Å². The Labute approximate surface area is 160 Å². The topological polar surface area (TPSA) is 9.72 Å². The van der Waals surface area contributed by atoms with E-state index in [4.69, 9.17) is 0 Å².